The Morgan fingerprint density at radius 3 is 1.14 bits per heavy atom. The van der Waals surface area contributed by atoms with Crippen molar-refractivity contribution in [3.63, 3.8) is 0 Å². The zero-order valence-electron chi connectivity index (χ0n) is 47.3. The molecule has 1 atom stereocenters. The van der Waals surface area contributed by atoms with Gasteiger partial charge in [0.05, 0.1) is 59.1 Å². The quantitative estimate of drug-likeness (QED) is 0.0205. The Morgan fingerprint density at radius 1 is 0.569 bits per heavy atom. The minimum atomic E-state index is -0.944. The number of nitro benzene ring substituents is 2. The summed E-state index contributed by atoms with van der Waals surface area (Å²) in [4.78, 5) is 55.3. The van der Waals surface area contributed by atoms with Gasteiger partial charge in [-0.2, -0.15) is 0 Å². The van der Waals surface area contributed by atoms with Crippen molar-refractivity contribution in [2.24, 2.45) is 0 Å². The van der Waals surface area contributed by atoms with E-state index in [0.29, 0.717) is 41.5 Å². The van der Waals surface area contributed by atoms with Crippen LogP contribution >= 0.6 is 14.5 Å². The summed E-state index contributed by atoms with van der Waals surface area (Å²) in [5, 5.41) is 42.2. The Hall–Kier alpha value is -0.374. The molecule has 72 heavy (non-hydrogen) atoms. The SMILES string of the molecule is C=O.CC(C)(C)[O-].CCCC[P+](CCCC)(CCCC)CCCCC(=O)c1ccc(C(C)CO)c([N+](=O)[O-])c1.CCCC[P+](CCCC)(CCCC)CCCCC(=O)c1ccc(CC)c([N+](=O)[O-])c1.[Br-].[Br-].[K+]. The summed E-state index contributed by atoms with van der Waals surface area (Å²) in [6, 6.07) is 9.67. The number of aliphatic hydroxyl groups is 1. The van der Waals surface area contributed by atoms with Gasteiger partial charge < -0.3 is 49.0 Å². The van der Waals surface area contributed by atoms with Crippen LogP contribution in [0.5, 0.6) is 0 Å². The number of halogens is 2. The average molecular weight is 1210 g/mol. The van der Waals surface area contributed by atoms with Crippen LogP contribution in [-0.2, 0) is 11.2 Å². The molecule has 0 amide bonds. The molecule has 2 aromatic carbocycles. The first kappa shape index (κ1) is 80.5. The molecular weight excluding hydrogens is 1110 g/mol. The van der Waals surface area contributed by atoms with Crippen LogP contribution in [0.1, 0.15) is 229 Å². The number of hydrogen-bond donors (Lipinski definition) is 1. The van der Waals surface area contributed by atoms with Gasteiger partial charge in [0.25, 0.3) is 11.4 Å². The third-order valence-electron chi connectivity index (χ3n) is 12.8. The minimum absolute atomic E-state index is 0. The first-order valence-corrected chi connectivity index (χ1v) is 31.7. The molecule has 0 spiro atoms. The molecule has 0 aliphatic heterocycles. The Balaban J connectivity index is -0.000000355. The van der Waals surface area contributed by atoms with Gasteiger partial charge in [0.1, 0.15) is 6.79 Å². The third kappa shape index (κ3) is 35.9. The normalized spacial score (nSPS) is 11.3. The molecule has 0 heterocycles. The average Bonchev–Trinajstić information content (AvgIpc) is 3.34. The maximum Gasteiger partial charge on any atom is 1.00 e. The molecule has 11 nitrogen and oxygen atoms in total. The molecule has 0 aliphatic rings. The second kappa shape index (κ2) is 47.8. The summed E-state index contributed by atoms with van der Waals surface area (Å²) in [6.07, 6.45) is 32.1. The number of aryl methyl sites for hydroxylation is 1. The first-order chi connectivity index (χ1) is 32.8. The van der Waals surface area contributed by atoms with Gasteiger partial charge in [0.2, 0.25) is 0 Å². The summed E-state index contributed by atoms with van der Waals surface area (Å²) in [5.74, 6) is -0.303. The van der Waals surface area contributed by atoms with E-state index in [0.717, 1.165) is 25.7 Å². The van der Waals surface area contributed by atoms with Crippen LogP contribution < -0.4 is 90.5 Å². The molecule has 2 rings (SSSR count). The molecule has 1 N–H and O–H groups in total. The number of carbonyl (C=O) groups excluding carboxylic acids is 3. The summed E-state index contributed by atoms with van der Waals surface area (Å²) in [6.45, 7) is 24.1. The zero-order valence-corrected chi connectivity index (χ0v) is 55.4. The van der Waals surface area contributed by atoms with E-state index >= 15 is 0 Å². The molecule has 412 valence electrons. The number of benzene rings is 2. The molecule has 0 aromatic heterocycles. The van der Waals surface area contributed by atoms with Crippen LogP contribution in [0, 0.1) is 20.2 Å². The van der Waals surface area contributed by atoms with E-state index in [-0.39, 0.29) is 126 Å². The smallest absolute Gasteiger partial charge is 1.00 e. The van der Waals surface area contributed by atoms with Gasteiger partial charge in [-0.25, -0.2) is 0 Å². The Bertz CT molecular complexity index is 1690. The predicted molar refractivity (Wildman–Crippen MR) is 297 cm³/mol. The van der Waals surface area contributed by atoms with Gasteiger partial charge in [0, 0.05) is 74.3 Å². The van der Waals surface area contributed by atoms with Crippen molar-refractivity contribution >= 4 is 44.3 Å². The number of ketones is 2. The van der Waals surface area contributed by atoms with Gasteiger partial charge in [-0.3, -0.25) is 29.8 Å². The van der Waals surface area contributed by atoms with Gasteiger partial charge >= 0.3 is 51.4 Å². The Kier molecular flexibility index (Phi) is 53.4. The largest absolute Gasteiger partial charge is 1.00 e. The molecule has 2 aromatic rings. The summed E-state index contributed by atoms with van der Waals surface area (Å²) < 4.78 is 0. The number of nitrogens with zero attached hydrogens (tertiary/aromatic N) is 2. The second-order valence-corrected chi connectivity index (χ2v) is 29.0. The topological polar surface area (TPSA) is 181 Å². The Morgan fingerprint density at radius 2 is 0.861 bits per heavy atom. The van der Waals surface area contributed by atoms with E-state index in [1.807, 2.05) is 13.7 Å². The number of nitro groups is 2. The second-order valence-electron chi connectivity index (χ2n) is 20.0. The van der Waals surface area contributed by atoms with Crippen molar-refractivity contribution in [2.45, 2.75) is 210 Å². The van der Waals surface area contributed by atoms with Crippen molar-refractivity contribution in [3.8, 4) is 0 Å². The van der Waals surface area contributed by atoms with Gasteiger partial charge in [-0.05, 0) is 70.6 Å². The molecule has 0 saturated heterocycles. The standard InChI is InChI=1S/C26H45NO4P.C25H43NO3P.C4H9O.CH2O.2BrH.K/c1-5-8-16-32(17-9-6-2,18-10-7-3)19-12-11-13-26(29)23-14-15-24(22(4)21-28)25(20-23)27(30)31;1-5-9-17-30(18-10-6-2,19-11-7-3)20-13-12-14-25(27)23-16-15-22(8-4)24(21-23)26(28)29;1-4(2,3)5;1-2;;;/h14-15,20,22,28H,5-13,16-19,21H2,1-4H3;15-16,21H,5-14,17-20H2,1-4H3;1-3H3;1H2;2*1H;/q2*+1;-1;;;;+1/p-2. The predicted octanol–water partition coefficient (Wildman–Crippen LogP) is 6.36. The fourth-order valence-electron chi connectivity index (χ4n) is 8.65. The van der Waals surface area contributed by atoms with Crippen LogP contribution in [0.25, 0.3) is 0 Å². The van der Waals surface area contributed by atoms with Crippen LogP contribution in [0.15, 0.2) is 36.4 Å². The first-order valence-electron chi connectivity index (χ1n) is 26.7. The minimum Gasteiger partial charge on any atom is -1.00 e. The van der Waals surface area contributed by atoms with Crippen LogP contribution in [0.3, 0.4) is 0 Å². The van der Waals surface area contributed by atoms with Crippen LogP contribution in [0.2, 0.25) is 0 Å². The van der Waals surface area contributed by atoms with Crippen molar-refractivity contribution in [3.05, 3.63) is 78.9 Å². The van der Waals surface area contributed by atoms with E-state index in [9.17, 15) is 40.0 Å². The van der Waals surface area contributed by atoms with Gasteiger partial charge in [-0.1, -0.05) is 139 Å². The summed E-state index contributed by atoms with van der Waals surface area (Å²) in [7, 11) is -1.85. The number of carbonyl (C=O) groups is 3. The Labute approximate surface area is 503 Å². The monoisotopic (exact) mass is 1200 g/mol. The zero-order chi connectivity index (χ0) is 52.9. The third-order valence-corrected chi connectivity index (χ3v) is 22.9. The van der Waals surface area contributed by atoms with Crippen molar-refractivity contribution < 1.29 is 120 Å². The van der Waals surface area contributed by atoms with E-state index in [2.05, 4.69) is 41.5 Å². The van der Waals surface area contributed by atoms with Crippen LogP contribution in [0.4, 0.5) is 11.4 Å². The molecule has 16 heteroatoms. The molecule has 0 fully saturated rings. The molecule has 0 bridgehead atoms. The number of rotatable bonds is 35. The van der Waals surface area contributed by atoms with E-state index in [4.69, 9.17) is 4.79 Å². The maximum atomic E-state index is 12.7. The van der Waals surface area contributed by atoms with Gasteiger partial charge in [0.15, 0.2) is 11.6 Å². The molecule has 0 radical (unpaired) electrons. The summed E-state index contributed by atoms with van der Waals surface area (Å²) >= 11 is 0. The van der Waals surface area contributed by atoms with Crippen LogP contribution in [-0.4, -0.2) is 94.8 Å². The number of Topliss-reactive ketones (excluding diaryl/α,β-unsaturated/α-hetero) is 2. The fraction of sp³-hybridized carbons (Fsp3) is 0.732. The van der Waals surface area contributed by atoms with E-state index < -0.39 is 25.0 Å². The van der Waals surface area contributed by atoms with E-state index in [1.54, 1.807) is 52.0 Å². The number of hydrogen-bond acceptors (Lipinski definition) is 9. The molecule has 0 aliphatic carbocycles. The van der Waals surface area contributed by atoms with Gasteiger partial charge in [-0.15, -0.1) is 5.60 Å². The number of unbranched alkanes of at least 4 members (excludes halogenated alkanes) is 8. The van der Waals surface area contributed by atoms with Crippen molar-refractivity contribution in [2.75, 3.05) is 55.9 Å². The molecule has 0 saturated carbocycles. The molecule has 1 unspecified atom stereocenters. The van der Waals surface area contributed by atoms with Crippen molar-refractivity contribution in [1.29, 1.82) is 0 Å². The maximum absolute atomic E-state index is 12.7. The van der Waals surface area contributed by atoms with E-state index in [1.165, 1.54) is 138 Å². The van der Waals surface area contributed by atoms with Crippen molar-refractivity contribution in [1.82, 2.24) is 0 Å². The summed E-state index contributed by atoms with van der Waals surface area (Å²) in [5.41, 5.74) is 1.32. The molecular formula is C56H99Br2KN2O9P2. The fourth-order valence-corrected chi connectivity index (χ4v) is 19.0. The number of aliphatic hydroxyl groups excluding tert-OH is 1.